The van der Waals surface area contributed by atoms with Crippen molar-refractivity contribution in [3.05, 3.63) is 59.4 Å². The third-order valence-corrected chi connectivity index (χ3v) is 4.42. The van der Waals surface area contributed by atoms with E-state index in [1.165, 1.54) is 16.8 Å². The molecule has 0 spiro atoms. The Bertz CT molecular complexity index is 852. The van der Waals surface area contributed by atoms with Gasteiger partial charge in [-0.3, -0.25) is 0 Å². The van der Waals surface area contributed by atoms with Crippen LogP contribution in [0.5, 0.6) is 0 Å². The first-order valence-corrected chi connectivity index (χ1v) is 8.60. The number of anilines is 1. The largest absolute Gasteiger partial charge is 0.372 e. The number of nitrogens with zero attached hydrogens (tertiary/aromatic N) is 2. The molecular weight excluding hydrogens is 294 g/mol. The number of hydrogen-bond acceptors (Lipinski definition) is 2. The van der Waals surface area contributed by atoms with Crippen molar-refractivity contribution < 1.29 is 0 Å². The van der Waals surface area contributed by atoms with Gasteiger partial charge in [-0.05, 0) is 74.7 Å². The first-order valence-electron chi connectivity index (χ1n) is 8.60. The minimum absolute atomic E-state index is 0.934. The van der Waals surface area contributed by atoms with Crippen LogP contribution < -0.4 is 4.90 Å². The van der Waals surface area contributed by atoms with Crippen molar-refractivity contribution in [3.63, 3.8) is 0 Å². The van der Waals surface area contributed by atoms with Crippen LogP contribution in [0.15, 0.2) is 42.5 Å². The molecule has 0 aliphatic heterocycles. The van der Waals surface area contributed by atoms with Gasteiger partial charge in [-0.1, -0.05) is 18.2 Å². The number of fused-ring (bicyclic) bond motifs is 1. The molecule has 0 amide bonds. The third-order valence-electron chi connectivity index (χ3n) is 4.42. The average molecular weight is 319 g/mol. The zero-order valence-electron chi connectivity index (χ0n) is 14.9. The Kier molecular flexibility index (Phi) is 4.70. The Labute approximate surface area is 144 Å². The summed E-state index contributed by atoms with van der Waals surface area (Å²) >= 11 is 0. The highest BCUT2D eigenvalue weighted by Gasteiger charge is 2.05. The van der Waals surface area contributed by atoms with Gasteiger partial charge in [-0.25, -0.2) is 4.98 Å². The molecule has 124 valence electrons. The lowest BCUT2D eigenvalue weighted by atomic mass is 10.1. The van der Waals surface area contributed by atoms with Crippen LogP contribution in [0.25, 0.3) is 22.7 Å². The summed E-state index contributed by atoms with van der Waals surface area (Å²) in [6, 6.07) is 15.0. The fourth-order valence-corrected chi connectivity index (χ4v) is 3.00. The fourth-order valence-electron chi connectivity index (χ4n) is 3.00. The molecule has 3 rings (SSSR count). The highest BCUT2D eigenvalue weighted by molar-refractivity contribution is 5.84. The van der Waals surface area contributed by atoms with Gasteiger partial charge in [0.1, 0.15) is 5.82 Å². The van der Waals surface area contributed by atoms with E-state index in [2.05, 4.69) is 86.1 Å². The van der Waals surface area contributed by atoms with Gasteiger partial charge in [0.05, 0.1) is 11.0 Å². The predicted octanol–water partition coefficient (Wildman–Crippen LogP) is 5.28. The fraction of sp³-hybridized carbons (Fsp3) is 0.286. The van der Waals surface area contributed by atoms with Gasteiger partial charge >= 0.3 is 0 Å². The Morgan fingerprint density at radius 2 is 1.79 bits per heavy atom. The van der Waals surface area contributed by atoms with Crippen molar-refractivity contribution in [1.82, 2.24) is 9.97 Å². The van der Waals surface area contributed by atoms with Crippen LogP contribution in [0, 0.1) is 6.92 Å². The molecule has 0 aliphatic carbocycles. The number of allylic oxidation sites excluding steroid dienone is 1. The quantitative estimate of drug-likeness (QED) is 0.694. The molecule has 1 N–H and O–H groups in total. The summed E-state index contributed by atoms with van der Waals surface area (Å²) < 4.78 is 0. The molecule has 1 heterocycles. The molecule has 0 saturated heterocycles. The van der Waals surface area contributed by atoms with E-state index in [0.29, 0.717) is 0 Å². The Morgan fingerprint density at radius 1 is 1.08 bits per heavy atom. The van der Waals surface area contributed by atoms with Gasteiger partial charge in [-0.2, -0.15) is 0 Å². The molecule has 0 bridgehead atoms. The highest BCUT2D eigenvalue weighted by atomic mass is 15.1. The van der Waals surface area contributed by atoms with Crippen molar-refractivity contribution in [3.8, 4) is 0 Å². The van der Waals surface area contributed by atoms with E-state index in [4.69, 9.17) is 4.98 Å². The summed E-state index contributed by atoms with van der Waals surface area (Å²) in [5.74, 6) is 0.934. The molecule has 3 heteroatoms. The molecule has 0 unspecified atom stereocenters. The van der Waals surface area contributed by atoms with E-state index in [1.807, 2.05) is 0 Å². The maximum Gasteiger partial charge on any atom is 0.134 e. The van der Waals surface area contributed by atoms with Crippen LogP contribution in [-0.2, 0) is 0 Å². The molecule has 3 aromatic rings. The summed E-state index contributed by atoms with van der Waals surface area (Å²) in [4.78, 5) is 10.5. The van der Waals surface area contributed by atoms with Crippen LogP contribution in [0.3, 0.4) is 0 Å². The number of H-pyrrole nitrogens is 1. The minimum atomic E-state index is 0.934. The monoisotopic (exact) mass is 319 g/mol. The minimum Gasteiger partial charge on any atom is -0.372 e. The number of aromatic amines is 1. The molecule has 0 fully saturated rings. The van der Waals surface area contributed by atoms with E-state index < -0.39 is 0 Å². The first-order chi connectivity index (χ1) is 11.6. The van der Waals surface area contributed by atoms with Crippen LogP contribution in [-0.4, -0.2) is 23.1 Å². The van der Waals surface area contributed by atoms with Gasteiger partial charge in [0.2, 0.25) is 0 Å². The topological polar surface area (TPSA) is 31.9 Å². The summed E-state index contributed by atoms with van der Waals surface area (Å²) in [5, 5.41) is 0. The maximum atomic E-state index is 4.69. The van der Waals surface area contributed by atoms with Gasteiger partial charge in [-0.15, -0.1) is 0 Å². The smallest absolute Gasteiger partial charge is 0.134 e. The van der Waals surface area contributed by atoms with E-state index >= 15 is 0 Å². The summed E-state index contributed by atoms with van der Waals surface area (Å²) in [6.07, 6.45) is 2.18. The number of benzene rings is 2. The lowest BCUT2D eigenvalue weighted by Crippen LogP contribution is -2.21. The van der Waals surface area contributed by atoms with Gasteiger partial charge < -0.3 is 9.88 Å². The van der Waals surface area contributed by atoms with Crippen LogP contribution in [0.2, 0.25) is 0 Å². The number of nitrogens with one attached hydrogen (secondary N) is 1. The Balaban J connectivity index is 1.86. The maximum absolute atomic E-state index is 4.69. The molecule has 1 aromatic heterocycles. The van der Waals surface area contributed by atoms with Gasteiger partial charge in [0.15, 0.2) is 0 Å². The standard InChI is InChI=1S/C21H25N3/c1-5-24(6-2)18-10-8-17(9-11-18)14-16(4)21-22-19-12-7-15(3)13-20(19)23-21/h7-14H,5-6H2,1-4H3,(H,22,23)/b16-14-. The molecule has 0 radical (unpaired) electrons. The second kappa shape index (κ2) is 6.91. The second-order valence-corrected chi connectivity index (χ2v) is 6.20. The molecule has 24 heavy (non-hydrogen) atoms. The highest BCUT2D eigenvalue weighted by Crippen LogP contribution is 2.21. The van der Waals surface area contributed by atoms with Gasteiger partial charge in [0.25, 0.3) is 0 Å². The van der Waals surface area contributed by atoms with Crippen LogP contribution >= 0.6 is 0 Å². The molecule has 3 nitrogen and oxygen atoms in total. The summed E-state index contributed by atoms with van der Waals surface area (Å²) in [7, 11) is 0. The van der Waals surface area contributed by atoms with E-state index in [-0.39, 0.29) is 0 Å². The number of imidazole rings is 1. The zero-order valence-corrected chi connectivity index (χ0v) is 14.9. The molecule has 0 atom stereocenters. The van der Waals surface area contributed by atoms with Crippen molar-refractivity contribution in [2.75, 3.05) is 18.0 Å². The Hall–Kier alpha value is -2.55. The lowest BCUT2D eigenvalue weighted by molar-refractivity contribution is 0.866. The van der Waals surface area contributed by atoms with Crippen molar-refractivity contribution in [2.45, 2.75) is 27.7 Å². The molecule has 0 saturated carbocycles. The van der Waals surface area contributed by atoms with Crippen molar-refractivity contribution >= 4 is 28.4 Å². The number of aryl methyl sites for hydroxylation is 1. The summed E-state index contributed by atoms with van der Waals surface area (Å²) in [5.41, 5.74) is 6.95. The van der Waals surface area contributed by atoms with E-state index in [1.54, 1.807) is 0 Å². The third kappa shape index (κ3) is 3.35. The van der Waals surface area contributed by atoms with E-state index in [0.717, 1.165) is 35.5 Å². The summed E-state index contributed by atoms with van der Waals surface area (Å²) in [6.45, 7) is 10.6. The van der Waals surface area contributed by atoms with Gasteiger partial charge in [0, 0.05) is 18.8 Å². The second-order valence-electron chi connectivity index (χ2n) is 6.20. The normalized spacial score (nSPS) is 11.9. The molecular formula is C21H25N3. The van der Waals surface area contributed by atoms with Crippen molar-refractivity contribution in [1.29, 1.82) is 0 Å². The van der Waals surface area contributed by atoms with Crippen LogP contribution in [0.1, 0.15) is 37.7 Å². The number of rotatable bonds is 5. The SMILES string of the molecule is CCN(CC)c1ccc(/C=C(/C)c2nc3ccc(C)cc3[nH]2)cc1. The number of hydrogen-bond donors (Lipinski definition) is 1. The van der Waals surface area contributed by atoms with Crippen molar-refractivity contribution in [2.24, 2.45) is 0 Å². The zero-order chi connectivity index (χ0) is 17.1. The molecule has 0 aliphatic rings. The average Bonchev–Trinajstić information content (AvgIpc) is 3.00. The Morgan fingerprint density at radius 3 is 2.46 bits per heavy atom. The number of aromatic nitrogens is 2. The van der Waals surface area contributed by atoms with E-state index in [9.17, 15) is 0 Å². The first kappa shape index (κ1) is 16.3. The predicted molar refractivity (Wildman–Crippen MR) is 104 cm³/mol. The molecule has 2 aromatic carbocycles. The van der Waals surface area contributed by atoms with Crippen LogP contribution in [0.4, 0.5) is 5.69 Å². The lowest BCUT2D eigenvalue weighted by Gasteiger charge is -2.20.